The van der Waals surface area contributed by atoms with E-state index in [1.165, 1.54) is 61.9 Å². The summed E-state index contributed by atoms with van der Waals surface area (Å²) in [5, 5.41) is 8.43. The van der Waals surface area contributed by atoms with Gasteiger partial charge in [0.05, 0.1) is 11.7 Å². The van der Waals surface area contributed by atoms with E-state index in [-0.39, 0.29) is 0 Å². The predicted octanol–water partition coefficient (Wildman–Crippen LogP) is 3.26. The average molecular weight is 247 g/mol. The van der Waals surface area contributed by atoms with Crippen molar-refractivity contribution in [3.05, 3.63) is 17.0 Å². The number of nitrogens with one attached hydrogen (secondary N) is 1. The van der Waals surface area contributed by atoms with Crippen molar-refractivity contribution in [3.63, 3.8) is 0 Å². The summed E-state index contributed by atoms with van der Waals surface area (Å²) >= 11 is 0. The zero-order valence-corrected chi connectivity index (χ0v) is 11.7. The average Bonchev–Trinajstić information content (AvgIpc) is 3.16. The minimum absolute atomic E-state index is 0.659. The Labute approximate surface area is 110 Å². The van der Waals surface area contributed by atoms with Gasteiger partial charge in [0.1, 0.15) is 0 Å². The molecule has 2 fully saturated rings. The van der Waals surface area contributed by atoms with Crippen molar-refractivity contribution >= 4 is 0 Å². The minimum Gasteiger partial charge on any atom is -0.310 e. The van der Waals surface area contributed by atoms with Gasteiger partial charge in [-0.2, -0.15) is 5.10 Å². The van der Waals surface area contributed by atoms with Crippen LogP contribution >= 0.6 is 0 Å². The van der Waals surface area contributed by atoms with E-state index in [0.29, 0.717) is 6.04 Å². The molecule has 0 atom stereocenters. The quantitative estimate of drug-likeness (QED) is 0.885. The molecule has 1 aromatic heterocycles. The van der Waals surface area contributed by atoms with Gasteiger partial charge in [-0.3, -0.25) is 4.68 Å². The first-order valence-corrected chi connectivity index (χ1v) is 7.53. The number of rotatable bonds is 4. The predicted molar refractivity (Wildman–Crippen MR) is 73.7 cm³/mol. The van der Waals surface area contributed by atoms with Crippen LogP contribution in [0.25, 0.3) is 0 Å². The highest BCUT2D eigenvalue weighted by atomic mass is 15.3. The third kappa shape index (κ3) is 2.46. The van der Waals surface area contributed by atoms with Crippen molar-refractivity contribution in [2.75, 3.05) is 0 Å². The Hall–Kier alpha value is -0.830. The van der Waals surface area contributed by atoms with Crippen LogP contribution < -0.4 is 5.32 Å². The molecule has 0 spiro atoms. The van der Waals surface area contributed by atoms with E-state index in [1.54, 1.807) is 0 Å². The van der Waals surface area contributed by atoms with E-state index in [1.807, 2.05) is 0 Å². The van der Waals surface area contributed by atoms with E-state index >= 15 is 0 Å². The maximum atomic E-state index is 4.81. The summed E-state index contributed by atoms with van der Waals surface area (Å²) in [4.78, 5) is 0. The van der Waals surface area contributed by atoms with Crippen molar-refractivity contribution in [1.29, 1.82) is 0 Å². The van der Waals surface area contributed by atoms with Crippen LogP contribution in [0.5, 0.6) is 0 Å². The summed E-state index contributed by atoms with van der Waals surface area (Å²) in [6, 6.07) is 1.44. The maximum absolute atomic E-state index is 4.81. The fourth-order valence-electron chi connectivity index (χ4n) is 3.17. The molecular formula is C15H25N3. The van der Waals surface area contributed by atoms with Gasteiger partial charge in [0.15, 0.2) is 0 Å². The van der Waals surface area contributed by atoms with Crippen LogP contribution in [0.4, 0.5) is 0 Å². The van der Waals surface area contributed by atoms with Gasteiger partial charge < -0.3 is 5.32 Å². The molecule has 2 aliphatic carbocycles. The number of aromatic nitrogens is 2. The van der Waals surface area contributed by atoms with Crippen LogP contribution in [0.1, 0.15) is 67.9 Å². The molecule has 0 unspecified atom stereocenters. The molecule has 2 aliphatic rings. The monoisotopic (exact) mass is 247 g/mol. The summed E-state index contributed by atoms with van der Waals surface area (Å²) in [6.07, 6.45) is 9.50. The standard InChI is InChI=1S/C15H25N3/c1-11-15(10-16-13-8-9-13)12(2)18(17-11)14-6-4-3-5-7-14/h13-14,16H,3-10H2,1-2H3. The first kappa shape index (κ1) is 12.2. The SMILES string of the molecule is Cc1nn(C2CCCCC2)c(C)c1CNC1CC1. The van der Waals surface area contributed by atoms with Crippen LogP contribution in [0.15, 0.2) is 0 Å². The van der Waals surface area contributed by atoms with Gasteiger partial charge in [-0.15, -0.1) is 0 Å². The molecule has 3 rings (SSSR count). The largest absolute Gasteiger partial charge is 0.310 e. The summed E-state index contributed by atoms with van der Waals surface area (Å²) in [5.74, 6) is 0. The highest BCUT2D eigenvalue weighted by Gasteiger charge is 2.23. The highest BCUT2D eigenvalue weighted by molar-refractivity contribution is 5.25. The Morgan fingerprint density at radius 2 is 1.83 bits per heavy atom. The first-order valence-electron chi connectivity index (χ1n) is 7.53. The molecule has 100 valence electrons. The van der Waals surface area contributed by atoms with E-state index in [0.717, 1.165) is 12.6 Å². The van der Waals surface area contributed by atoms with Crippen LogP contribution in [0.3, 0.4) is 0 Å². The van der Waals surface area contributed by atoms with Crippen molar-refractivity contribution in [1.82, 2.24) is 15.1 Å². The van der Waals surface area contributed by atoms with Gasteiger partial charge in [-0.1, -0.05) is 19.3 Å². The molecule has 1 heterocycles. The van der Waals surface area contributed by atoms with Crippen molar-refractivity contribution in [3.8, 4) is 0 Å². The van der Waals surface area contributed by atoms with Crippen LogP contribution in [-0.2, 0) is 6.54 Å². The summed E-state index contributed by atoms with van der Waals surface area (Å²) in [6.45, 7) is 5.42. The van der Waals surface area contributed by atoms with Crippen LogP contribution in [-0.4, -0.2) is 15.8 Å². The van der Waals surface area contributed by atoms with Gasteiger partial charge in [0, 0.05) is 23.8 Å². The number of aryl methyl sites for hydroxylation is 1. The molecule has 0 saturated heterocycles. The van der Waals surface area contributed by atoms with Gasteiger partial charge in [0.25, 0.3) is 0 Å². The zero-order valence-electron chi connectivity index (χ0n) is 11.7. The minimum atomic E-state index is 0.659. The van der Waals surface area contributed by atoms with E-state index in [4.69, 9.17) is 5.10 Å². The van der Waals surface area contributed by atoms with Crippen molar-refractivity contribution < 1.29 is 0 Å². The van der Waals surface area contributed by atoms with Gasteiger partial charge in [0.2, 0.25) is 0 Å². The van der Waals surface area contributed by atoms with Crippen molar-refractivity contribution in [2.45, 2.75) is 77.4 Å². The molecule has 0 bridgehead atoms. The first-order chi connectivity index (χ1) is 8.75. The highest BCUT2D eigenvalue weighted by Crippen LogP contribution is 2.30. The fourth-order valence-corrected chi connectivity index (χ4v) is 3.17. The second-order valence-corrected chi connectivity index (χ2v) is 6.04. The van der Waals surface area contributed by atoms with Crippen LogP contribution in [0.2, 0.25) is 0 Å². The van der Waals surface area contributed by atoms with Gasteiger partial charge >= 0.3 is 0 Å². The molecular weight excluding hydrogens is 222 g/mol. The summed E-state index contributed by atoms with van der Waals surface area (Å²) in [7, 11) is 0. The van der Waals surface area contributed by atoms with Gasteiger partial charge in [-0.25, -0.2) is 0 Å². The number of hydrogen-bond donors (Lipinski definition) is 1. The lowest BCUT2D eigenvalue weighted by molar-refractivity contribution is 0.323. The molecule has 3 heteroatoms. The lowest BCUT2D eigenvalue weighted by atomic mass is 9.95. The molecule has 3 nitrogen and oxygen atoms in total. The second kappa shape index (κ2) is 5.04. The van der Waals surface area contributed by atoms with E-state index < -0.39 is 0 Å². The Kier molecular flexibility index (Phi) is 3.42. The lowest BCUT2D eigenvalue weighted by Crippen LogP contribution is -2.18. The molecule has 0 aromatic carbocycles. The third-order valence-electron chi connectivity index (χ3n) is 4.54. The van der Waals surface area contributed by atoms with Crippen molar-refractivity contribution in [2.24, 2.45) is 0 Å². The molecule has 1 aromatic rings. The Bertz CT molecular complexity index is 412. The van der Waals surface area contributed by atoms with Crippen LogP contribution in [0, 0.1) is 13.8 Å². The fraction of sp³-hybridized carbons (Fsp3) is 0.800. The Balaban J connectivity index is 1.75. The van der Waals surface area contributed by atoms with Gasteiger partial charge in [-0.05, 0) is 39.5 Å². The smallest absolute Gasteiger partial charge is 0.0641 e. The number of hydrogen-bond acceptors (Lipinski definition) is 2. The summed E-state index contributed by atoms with van der Waals surface area (Å²) in [5.41, 5.74) is 4.06. The second-order valence-electron chi connectivity index (χ2n) is 6.04. The third-order valence-corrected chi connectivity index (χ3v) is 4.54. The molecule has 0 radical (unpaired) electrons. The summed E-state index contributed by atoms with van der Waals surface area (Å²) < 4.78 is 2.32. The molecule has 1 N–H and O–H groups in total. The van der Waals surface area contributed by atoms with E-state index in [9.17, 15) is 0 Å². The van der Waals surface area contributed by atoms with E-state index in [2.05, 4.69) is 23.8 Å². The molecule has 18 heavy (non-hydrogen) atoms. The topological polar surface area (TPSA) is 29.9 Å². The maximum Gasteiger partial charge on any atom is 0.0641 e. The zero-order chi connectivity index (χ0) is 12.5. The Morgan fingerprint density at radius 1 is 1.11 bits per heavy atom. The molecule has 2 saturated carbocycles. The number of nitrogens with zero attached hydrogens (tertiary/aromatic N) is 2. The Morgan fingerprint density at radius 3 is 2.50 bits per heavy atom. The molecule has 0 amide bonds. The lowest BCUT2D eigenvalue weighted by Gasteiger charge is -2.23. The molecule has 0 aliphatic heterocycles. The normalized spacial score (nSPS) is 21.4.